The second-order valence-electron chi connectivity index (χ2n) is 3.62. The third-order valence-corrected chi connectivity index (χ3v) is 2.35. The number of aromatic nitrogens is 2. The highest BCUT2D eigenvalue weighted by Gasteiger charge is 2.03. The molecule has 0 unspecified atom stereocenters. The number of carbonyl (C=O) groups is 1. The van der Waals surface area contributed by atoms with Crippen LogP contribution in [0, 0.1) is 0 Å². The van der Waals surface area contributed by atoms with Crippen LogP contribution in [0.4, 0.5) is 0 Å². The monoisotopic (exact) mass is 240 g/mol. The van der Waals surface area contributed by atoms with E-state index in [1.54, 1.807) is 30.7 Å². The fourth-order valence-electron chi connectivity index (χ4n) is 1.35. The average Bonchev–Trinajstić information content (AvgIpc) is 2.46. The quantitative estimate of drug-likeness (QED) is 0.655. The Morgan fingerprint density at radius 3 is 2.56 bits per heavy atom. The summed E-state index contributed by atoms with van der Waals surface area (Å²) in [6.07, 6.45) is 6.46. The van der Waals surface area contributed by atoms with E-state index in [1.165, 1.54) is 6.20 Å². The van der Waals surface area contributed by atoms with E-state index in [1.807, 2.05) is 19.1 Å². The number of nitrogens with zero attached hydrogens (tertiary/aromatic N) is 3. The van der Waals surface area contributed by atoms with E-state index in [2.05, 4.69) is 20.5 Å². The number of hydrogen-bond acceptors (Lipinski definition) is 4. The fraction of sp³-hybridized carbons (Fsp3) is 0.0769. The van der Waals surface area contributed by atoms with Crippen molar-refractivity contribution in [3.63, 3.8) is 0 Å². The maximum Gasteiger partial charge on any atom is 0.272 e. The Balaban J connectivity index is 2.05. The lowest BCUT2D eigenvalue weighted by atomic mass is 10.2. The SMILES string of the molecule is C/C(=N\NC(=O)c1cccnc1)c1ccncc1. The van der Waals surface area contributed by atoms with Crippen molar-refractivity contribution in [3.8, 4) is 0 Å². The van der Waals surface area contributed by atoms with Crippen molar-refractivity contribution in [2.24, 2.45) is 5.10 Å². The molecule has 2 aromatic rings. The first-order valence-corrected chi connectivity index (χ1v) is 5.42. The number of hydrazone groups is 1. The summed E-state index contributed by atoms with van der Waals surface area (Å²) in [6.45, 7) is 1.82. The van der Waals surface area contributed by atoms with E-state index in [-0.39, 0.29) is 5.91 Å². The normalized spacial score (nSPS) is 11.1. The van der Waals surface area contributed by atoms with E-state index >= 15 is 0 Å². The van der Waals surface area contributed by atoms with Gasteiger partial charge in [0.25, 0.3) is 5.91 Å². The van der Waals surface area contributed by atoms with E-state index in [0.29, 0.717) is 5.56 Å². The van der Waals surface area contributed by atoms with Crippen LogP contribution < -0.4 is 5.43 Å². The topological polar surface area (TPSA) is 67.2 Å². The summed E-state index contributed by atoms with van der Waals surface area (Å²) < 4.78 is 0. The Labute approximate surface area is 105 Å². The molecule has 1 N–H and O–H groups in total. The molecule has 1 amide bonds. The van der Waals surface area contributed by atoms with Crippen LogP contribution in [0.25, 0.3) is 0 Å². The summed E-state index contributed by atoms with van der Waals surface area (Å²) in [5, 5.41) is 4.03. The third kappa shape index (κ3) is 2.98. The zero-order valence-electron chi connectivity index (χ0n) is 9.87. The highest BCUT2D eigenvalue weighted by Crippen LogP contribution is 1.99. The highest BCUT2D eigenvalue weighted by atomic mass is 16.2. The molecule has 5 heteroatoms. The van der Waals surface area contributed by atoms with Crippen molar-refractivity contribution in [1.82, 2.24) is 15.4 Å². The maximum atomic E-state index is 11.7. The van der Waals surface area contributed by atoms with Gasteiger partial charge in [0, 0.05) is 30.4 Å². The van der Waals surface area contributed by atoms with Crippen LogP contribution in [0.2, 0.25) is 0 Å². The van der Waals surface area contributed by atoms with E-state index in [9.17, 15) is 4.79 Å². The van der Waals surface area contributed by atoms with Crippen LogP contribution in [0.5, 0.6) is 0 Å². The van der Waals surface area contributed by atoms with Crippen molar-refractivity contribution in [2.45, 2.75) is 6.92 Å². The second kappa shape index (κ2) is 5.67. The Kier molecular flexibility index (Phi) is 3.76. The number of hydrogen-bond donors (Lipinski definition) is 1. The Bertz CT molecular complexity index is 552. The van der Waals surface area contributed by atoms with Gasteiger partial charge in [0.05, 0.1) is 11.3 Å². The zero-order valence-corrected chi connectivity index (χ0v) is 9.87. The summed E-state index contributed by atoms with van der Waals surface area (Å²) in [5.41, 5.74) is 4.59. The van der Waals surface area contributed by atoms with Gasteiger partial charge in [-0.15, -0.1) is 0 Å². The maximum absolute atomic E-state index is 11.7. The molecule has 0 aromatic carbocycles. The molecule has 0 radical (unpaired) electrons. The Morgan fingerprint density at radius 1 is 1.11 bits per heavy atom. The molecule has 5 nitrogen and oxygen atoms in total. The van der Waals surface area contributed by atoms with Gasteiger partial charge in [0.1, 0.15) is 0 Å². The predicted molar refractivity (Wildman–Crippen MR) is 68.2 cm³/mol. The number of pyridine rings is 2. The van der Waals surface area contributed by atoms with Crippen LogP contribution >= 0.6 is 0 Å². The van der Waals surface area contributed by atoms with Crippen molar-refractivity contribution < 1.29 is 4.79 Å². The summed E-state index contributed by atoms with van der Waals surface area (Å²) >= 11 is 0. The fourth-order valence-corrected chi connectivity index (χ4v) is 1.35. The number of rotatable bonds is 3. The first-order valence-electron chi connectivity index (χ1n) is 5.42. The molecule has 0 fully saturated rings. The van der Waals surface area contributed by atoms with Crippen LogP contribution in [0.3, 0.4) is 0 Å². The van der Waals surface area contributed by atoms with Crippen molar-refractivity contribution >= 4 is 11.6 Å². The van der Waals surface area contributed by atoms with Gasteiger partial charge in [-0.1, -0.05) is 0 Å². The molecule has 0 spiro atoms. The predicted octanol–water partition coefficient (Wildman–Crippen LogP) is 1.63. The van der Waals surface area contributed by atoms with Gasteiger partial charge in [-0.05, 0) is 31.2 Å². The molecular weight excluding hydrogens is 228 g/mol. The van der Waals surface area contributed by atoms with Gasteiger partial charge in [-0.2, -0.15) is 5.10 Å². The molecule has 90 valence electrons. The lowest BCUT2D eigenvalue weighted by Crippen LogP contribution is -2.19. The van der Waals surface area contributed by atoms with Crippen LogP contribution in [-0.2, 0) is 0 Å². The third-order valence-electron chi connectivity index (χ3n) is 2.35. The molecule has 2 aromatic heterocycles. The smallest absolute Gasteiger partial charge is 0.267 e. The largest absolute Gasteiger partial charge is 0.272 e. The number of nitrogens with one attached hydrogen (secondary N) is 1. The van der Waals surface area contributed by atoms with E-state index in [0.717, 1.165) is 11.3 Å². The van der Waals surface area contributed by atoms with Gasteiger partial charge in [0.2, 0.25) is 0 Å². The van der Waals surface area contributed by atoms with Gasteiger partial charge in [-0.25, -0.2) is 5.43 Å². The minimum atomic E-state index is -0.281. The van der Waals surface area contributed by atoms with Crippen molar-refractivity contribution in [3.05, 3.63) is 60.2 Å². The van der Waals surface area contributed by atoms with E-state index in [4.69, 9.17) is 0 Å². The van der Waals surface area contributed by atoms with Crippen molar-refractivity contribution in [1.29, 1.82) is 0 Å². The molecule has 0 aliphatic rings. The average molecular weight is 240 g/mol. The van der Waals surface area contributed by atoms with Crippen molar-refractivity contribution in [2.75, 3.05) is 0 Å². The minimum Gasteiger partial charge on any atom is -0.267 e. The van der Waals surface area contributed by atoms with Gasteiger partial charge < -0.3 is 0 Å². The van der Waals surface area contributed by atoms with Crippen LogP contribution in [-0.4, -0.2) is 21.6 Å². The molecule has 0 atom stereocenters. The Hall–Kier alpha value is -2.56. The Morgan fingerprint density at radius 2 is 1.89 bits per heavy atom. The molecule has 0 saturated heterocycles. The molecule has 0 saturated carbocycles. The molecule has 18 heavy (non-hydrogen) atoms. The molecule has 0 bridgehead atoms. The minimum absolute atomic E-state index is 0.281. The summed E-state index contributed by atoms with van der Waals surface area (Å²) in [6, 6.07) is 7.04. The van der Waals surface area contributed by atoms with Gasteiger partial charge in [-0.3, -0.25) is 14.8 Å². The number of carbonyl (C=O) groups excluding carboxylic acids is 1. The highest BCUT2D eigenvalue weighted by molar-refractivity contribution is 6.00. The van der Waals surface area contributed by atoms with Crippen LogP contribution in [0.1, 0.15) is 22.8 Å². The first kappa shape index (κ1) is 11.9. The lowest BCUT2D eigenvalue weighted by Gasteiger charge is -2.02. The zero-order chi connectivity index (χ0) is 12.8. The summed E-state index contributed by atoms with van der Waals surface area (Å²) in [4.78, 5) is 19.5. The second-order valence-corrected chi connectivity index (χ2v) is 3.62. The first-order chi connectivity index (χ1) is 8.77. The molecule has 0 aliphatic carbocycles. The standard InChI is InChI=1S/C13H12N4O/c1-10(11-4-7-14-8-5-11)16-17-13(18)12-3-2-6-15-9-12/h2-9H,1H3,(H,17,18)/b16-10+. The summed E-state index contributed by atoms with van der Waals surface area (Å²) in [5.74, 6) is -0.281. The van der Waals surface area contributed by atoms with Gasteiger partial charge >= 0.3 is 0 Å². The van der Waals surface area contributed by atoms with E-state index < -0.39 is 0 Å². The number of amides is 1. The van der Waals surface area contributed by atoms with Gasteiger partial charge in [0.15, 0.2) is 0 Å². The lowest BCUT2D eigenvalue weighted by molar-refractivity contribution is 0.0954. The molecular formula is C13H12N4O. The molecule has 2 heterocycles. The summed E-state index contributed by atoms with van der Waals surface area (Å²) in [7, 11) is 0. The molecule has 2 rings (SSSR count). The molecule has 0 aliphatic heterocycles. The van der Waals surface area contributed by atoms with Crippen LogP contribution in [0.15, 0.2) is 54.2 Å².